The van der Waals surface area contributed by atoms with E-state index in [1.54, 1.807) is 18.7 Å². The number of imidazole rings is 1. The van der Waals surface area contributed by atoms with E-state index in [1.807, 2.05) is 0 Å². The summed E-state index contributed by atoms with van der Waals surface area (Å²) < 4.78 is 45.6. The molecule has 1 aromatic carbocycles. The van der Waals surface area contributed by atoms with E-state index in [4.69, 9.17) is 4.74 Å². The number of benzene rings is 1. The SMILES string of the molecule is CNc1nc(S(=O)(=O)Cc2ccc(OC)c(F)c2)nc2c1ncn2C. The fourth-order valence-corrected chi connectivity index (χ4v) is 3.59. The number of nitrogens with one attached hydrogen (secondary N) is 1. The van der Waals surface area contributed by atoms with Gasteiger partial charge in [-0.15, -0.1) is 0 Å². The van der Waals surface area contributed by atoms with Gasteiger partial charge in [0, 0.05) is 14.1 Å². The molecule has 0 saturated heterocycles. The zero-order chi connectivity index (χ0) is 18.2. The number of fused-ring (bicyclic) bond motifs is 1. The fourth-order valence-electron chi connectivity index (χ4n) is 2.38. The predicted octanol–water partition coefficient (Wildman–Crippen LogP) is 1.53. The lowest BCUT2D eigenvalue weighted by molar-refractivity contribution is 0.386. The van der Waals surface area contributed by atoms with E-state index < -0.39 is 21.4 Å². The molecule has 0 bridgehead atoms. The van der Waals surface area contributed by atoms with Gasteiger partial charge in [-0.1, -0.05) is 6.07 Å². The maximum atomic E-state index is 13.8. The minimum atomic E-state index is -3.88. The van der Waals surface area contributed by atoms with Crippen molar-refractivity contribution in [2.45, 2.75) is 10.9 Å². The third kappa shape index (κ3) is 3.12. The molecule has 25 heavy (non-hydrogen) atoms. The van der Waals surface area contributed by atoms with Crippen LogP contribution >= 0.6 is 0 Å². The second-order valence-electron chi connectivity index (χ2n) is 5.36. The first-order chi connectivity index (χ1) is 11.9. The van der Waals surface area contributed by atoms with Crippen LogP contribution in [0, 0.1) is 5.82 Å². The van der Waals surface area contributed by atoms with Gasteiger partial charge in [0.2, 0.25) is 9.84 Å². The number of methoxy groups -OCH3 is 1. The summed E-state index contributed by atoms with van der Waals surface area (Å²) in [4.78, 5) is 12.3. The van der Waals surface area contributed by atoms with Gasteiger partial charge >= 0.3 is 0 Å². The summed E-state index contributed by atoms with van der Waals surface area (Å²) in [5.41, 5.74) is 1.14. The first-order valence-electron chi connectivity index (χ1n) is 7.27. The topological polar surface area (TPSA) is 99.0 Å². The van der Waals surface area contributed by atoms with Crippen LogP contribution in [0.25, 0.3) is 11.2 Å². The predicted molar refractivity (Wildman–Crippen MR) is 89.7 cm³/mol. The summed E-state index contributed by atoms with van der Waals surface area (Å²) in [5, 5.41) is 2.47. The third-order valence-electron chi connectivity index (χ3n) is 3.63. The first-order valence-corrected chi connectivity index (χ1v) is 8.93. The van der Waals surface area contributed by atoms with Gasteiger partial charge in [0.15, 0.2) is 23.0 Å². The monoisotopic (exact) mass is 365 g/mol. The van der Waals surface area contributed by atoms with Crippen molar-refractivity contribution in [1.82, 2.24) is 19.5 Å². The van der Waals surface area contributed by atoms with Gasteiger partial charge in [0.25, 0.3) is 5.16 Å². The normalized spacial score (nSPS) is 11.7. The van der Waals surface area contributed by atoms with Gasteiger partial charge in [0.1, 0.15) is 5.52 Å². The molecule has 0 aliphatic heterocycles. The van der Waals surface area contributed by atoms with Gasteiger partial charge in [-0.3, -0.25) is 0 Å². The van der Waals surface area contributed by atoms with Gasteiger partial charge in [0.05, 0.1) is 19.2 Å². The Morgan fingerprint density at radius 3 is 2.72 bits per heavy atom. The molecular weight excluding hydrogens is 349 g/mol. The quantitative estimate of drug-likeness (QED) is 0.685. The van der Waals surface area contributed by atoms with E-state index in [1.165, 1.54) is 25.6 Å². The van der Waals surface area contributed by atoms with E-state index in [0.717, 1.165) is 6.07 Å². The number of nitrogens with zero attached hydrogens (tertiary/aromatic N) is 4. The van der Waals surface area contributed by atoms with Crippen molar-refractivity contribution >= 4 is 26.8 Å². The van der Waals surface area contributed by atoms with Crippen molar-refractivity contribution in [3.63, 3.8) is 0 Å². The lowest BCUT2D eigenvalue weighted by Gasteiger charge is -2.08. The highest BCUT2D eigenvalue weighted by molar-refractivity contribution is 7.90. The molecule has 3 aromatic rings. The van der Waals surface area contributed by atoms with Crippen LogP contribution < -0.4 is 10.1 Å². The van der Waals surface area contributed by atoms with Crippen molar-refractivity contribution in [2.75, 3.05) is 19.5 Å². The molecule has 10 heteroatoms. The fraction of sp³-hybridized carbons (Fsp3) is 0.267. The van der Waals surface area contributed by atoms with E-state index >= 15 is 0 Å². The number of hydrogen-bond donors (Lipinski definition) is 1. The zero-order valence-electron chi connectivity index (χ0n) is 13.8. The van der Waals surface area contributed by atoms with Crippen LogP contribution in [0.15, 0.2) is 29.7 Å². The molecule has 0 spiro atoms. The summed E-state index contributed by atoms with van der Waals surface area (Å²) in [5.74, 6) is -0.703. The first kappa shape index (κ1) is 17.1. The largest absolute Gasteiger partial charge is 0.494 e. The Hall–Kier alpha value is -2.75. The van der Waals surface area contributed by atoms with Crippen LogP contribution in [0.2, 0.25) is 0 Å². The molecule has 0 unspecified atom stereocenters. The van der Waals surface area contributed by atoms with E-state index in [-0.39, 0.29) is 16.5 Å². The maximum absolute atomic E-state index is 13.8. The Labute approximate surface area is 143 Å². The zero-order valence-corrected chi connectivity index (χ0v) is 14.6. The van der Waals surface area contributed by atoms with Crippen molar-refractivity contribution in [3.05, 3.63) is 35.9 Å². The Kier molecular flexibility index (Phi) is 4.29. The number of halogens is 1. The standard InChI is InChI=1S/C15H16FN5O3S/c1-17-13-12-14(21(2)8-18-12)20-15(19-13)25(22,23)7-9-4-5-11(24-3)10(16)6-9/h4-6,8H,7H2,1-3H3,(H,17,19,20). The average molecular weight is 365 g/mol. The second-order valence-corrected chi connectivity index (χ2v) is 7.24. The number of anilines is 1. The summed E-state index contributed by atoms with van der Waals surface area (Å²) >= 11 is 0. The van der Waals surface area contributed by atoms with E-state index in [9.17, 15) is 12.8 Å². The average Bonchev–Trinajstić information content (AvgIpc) is 2.95. The number of hydrogen-bond acceptors (Lipinski definition) is 7. The number of rotatable bonds is 5. The number of ether oxygens (including phenoxy) is 1. The van der Waals surface area contributed by atoms with Gasteiger partial charge < -0.3 is 14.6 Å². The minimum absolute atomic E-state index is 0.0474. The molecule has 0 amide bonds. The summed E-state index contributed by atoms with van der Waals surface area (Å²) in [6.07, 6.45) is 1.52. The molecular formula is C15H16FN5O3S. The molecule has 0 aliphatic rings. The lowest BCUT2D eigenvalue weighted by atomic mass is 10.2. The van der Waals surface area contributed by atoms with E-state index in [0.29, 0.717) is 17.0 Å². The Bertz CT molecular complexity index is 1050. The van der Waals surface area contributed by atoms with Gasteiger partial charge in [-0.05, 0) is 17.7 Å². The summed E-state index contributed by atoms with van der Waals surface area (Å²) in [6.45, 7) is 0. The van der Waals surface area contributed by atoms with Crippen LogP contribution in [0.4, 0.5) is 10.2 Å². The highest BCUT2D eigenvalue weighted by atomic mass is 32.2. The lowest BCUT2D eigenvalue weighted by Crippen LogP contribution is -2.12. The molecule has 8 nitrogen and oxygen atoms in total. The van der Waals surface area contributed by atoms with E-state index in [2.05, 4.69) is 20.3 Å². The molecule has 132 valence electrons. The number of sulfone groups is 1. The van der Waals surface area contributed by atoms with Crippen LogP contribution in [-0.2, 0) is 22.6 Å². The molecule has 2 aromatic heterocycles. The Balaban J connectivity index is 2.04. The molecule has 0 atom stereocenters. The van der Waals surface area contributed by atoms with Crippen molar-refractivity contribution in [3.8, 4) is 5.75 Å². The van der Waals surface area contributed by atoms with Crippen LogP contribution in [0.5, 0.6) is 5.75 Å². The minimum Gasteiger partial charge on any atom is -0.494 e. The van der Waals surface area contributed by atoms with Gasteiger partial charge in [-0.25, -0.2) is 17.8 Å². The summed E-state index contributed by atoms with van der Waals surface area (Å²) in [6, 6.07) is 3.99. The van der Waals surface area contributed by atoms with Crippen LogP contribution in [0.1, 0.15) is 5.56 Å². The maximum Gasteiger partial charge on any atom is 0.251 e. The van der Waals surface area contributed by atoms with Gasteiger partial charge in [-0.2, -0.15) is 9.97 Å². The third-order valence-corrected chi connectivity index (χ3v) is 5.08. The number of aromatic nitrogens is 4. The Morgan fingerprint density at radius 2 is 2.08 bits per heavy atom. The molecule has 0 aliphatic carbocycles. The van der Waals surface area contributed by atoms with Crippen molar-refractivity contribution < 1.29 is 17.5 Å². The van der Waals surface area contributed by atoms with Crippen LogP contribution in [0.3, 0.4) is 0 Å². The molecule has 0 fully saturated rings. The molecule has 3 rings (SSSR count). The smallest absolute Gasteiger partial charge is 0.251 e. The second kappa shape index (κ2) is 6.28. The Morgan fingerprint density at radius 1 is 1.32 bits per heavy atom. The molecule has 0 saturated carbocycles. The highest BCUT2D eigenvalue weighted by Crippen LogP contribution is 2.23. The molecule has 0 radical (unpaired) electrons. The molecule has 2 heterocycles. The van der Waals surface area contributed by atoms with Crippen molar-refractivity contribution in [2.24, 2.45) is 7.05 Å². The van der Waals surface area contributed by atoms with Crippen LogP contribution in [-0.4, -0.2) is 42.1 Å². The molecule has 1 N–H and O–H groups in total. The highest BCUT2D eigenvalue weighted by Gasteiger charge is 2.23. The van der Waals surface area contributed by atoms with Crippen molar-refractivity contribution in [1.29, 1.82) is 0 Å². The number of aryl methyl sites for hydroxylation is 1. The summed E-state index contributed by atoms with van der Waals surface area (Å²) in [7, 11) is 0.781.